The molecule has 0 spiro atoms. The molecule has 1 N–H and O–H groups in total. The number of hydrogen-bond donors (Lipinski definition) is 1. The second-order valence-corrected chi connectivity index (χ2v) is 3.49. The van der Waals surface area contributed by atoms with E-state index < -0.39 is 0 Å². The van der Waals surface area contributed by atoms with Gasteiger partial charge in [0.2, 0.25) is 0 Å². The molecule has 0 aliphatic heterocycles. The third-order valence-electron chi connectivity index (χ3n) is 2.59. The van der Waals surface area contributed by atoms with E-state index in [9.17, 15) is 4.79 Å². The molecule has 0 saturated heterocycles. The molecule has 1 aliphatic carbocycles. The normalized spacial score (nSPS) is 18.8. The monoisotopic (exact) mass is 167 g/mol. The summed E-state index contributed by atoms with van der Waals surface area (Å²) >= 11 is 0. The number of oxazole rings is 1. The van der Waals surface area contributed by atoms with Gasteiger partial charge in [0, 0.05) is 5.92 Å². The van der Waals surface area contributed by atoms with Gasteiger partial charge in [0.25, 0.3) is 0 Å². The van der Waals surface area contributed by atoms with Crippen LogP contribution in [0.4, 0.5) is 0 Å². The molecule has 1 saturated carbocycles. The number of rotatable bonds is 1. The number of nitrogens with one attached hydrogen (secondary N) is 1. The summed E-state index contributed by atoms with van der Waals surface area (Å²) in [5.74, 6) is 1.07. The van der Waals surface area contributed by atoms with Gasteiger partial charge >= 0.3 is 5.76 Å². The first-order valence-electron chi connectivity index (χ1n) is 4.47. The Morgan fingerprint density at radius 1 is 1.42 bits per heavy atom. The zero-order valence-corrected chi connectivity index (χ0v) is 7.22. The summed E-state index contributed by atoms with van der Waals surface area (Å²) in [5.41, 5.74) is 0.909. The number of aromatic nitrogens is 1. The van der Waals surface area contributed by atoms with E-state index in [0.717, 1.165) is 11.5 Å². The van der Waals surface area contributed by atoms with Gasteiger partial charge in [-0.2, -0.15) is 0 Å². The molecule has 1 aromatic heterocycles. The Kier molecular flexibility index (Phi) is 1.79. The Balaban J connectivity index is 2.31. The predicted octanol–water partition coefficient (Wildman–Crippen LogP) is 1.93. The van der Waals surface area contributed by atoms with E-state index in [1.165, 1.54) is 25.7 Å². The minimum atomic E-state index is -0.311. The Morgan fingerprint density at radius 3 is 2.58 bits per heavy atom. The summed E-state index contributed by atoms with van der Waals surface area (Å²) in [6.45, 7) is 1.90. The number of H-pyrrole nitrogens is 1. The van der Waals surface area contributed by atoms with Crippen LogP contribution in [0.15, 0.2) is 9.21 Å². The van der Waals surface area contributed by atoms with Gasteiger partial charge in [-0.15, -0.1) is 0 Å². The topological polar surface area (TPSA) is 46.0 Å². The highest BCUT2D eigenvalue weighted by atomic mass is 16.4. The van der Waals surface area contributed by atoms with Gasteiger partial charge in [-0.3, -0.25) is 4.98 Å². The van der Waals surface area contributed by atoms with E-state index >= 15 is 0 Å². The smallest absolute Gasteiger partial charge is 0.412 e. The van der Waals surface area contributed by atoms with Crippen molar-refractivity contribution < 1.29 is 4.42 Å². The molecule has 3 nitrogen and oxygen atoms in total. The average Bonchev–Trinajstić information content (AvgIpc) is 2.58. The first-order valence-corrected chi connectivity index (χ1v) is 4.47. The van der Waals surface area contributed by atoms with Gasteiger partial charge < -0.3 is 4.42 Å². The molecular formula is C9H13NO2. The van der Waals surface area contributed by atoms with Gasteiger partial charge in [0.05, 0.1) is 5.69 Å². The van der Waals surface area contributed by atoms with Crippen molar-refractivity contribution in [1.29, 1.82) is 0 Å². The zero-order valence-electron chi connectivity index (χ0n) is 7.22. The van der Waals surface area contributed by atoms with Crippen molar-refractivity contribution >= 4 is 0 Å². The summed E-state index contributed by atoms with van der Waals surface area (Å²) in [6, 6.07) is 0. The second-order valence-electron chi connectivity index (χ2n) is 3.49. The van der Waals surface area contributed by atoms with Crippen LogP contribution in [0, 0.1) is 6.92 Å². The lowest BCUT2D eigenvalue weighted by Crippen LogP contribution is -1.94. The SMILES string of the molecule is Cc1[nH]c(=O)oc1C1CCCC1. The second kappa shape index (κ2) is 2.81. The van der Waals surface area contributed by atoms with Crippen LogP contribution in [0.25, 0.3) is 0 Å². The molecule has 1 fully saturated rings. The van der Waals surface area contributed by atoms with Crippen LogP contribution < -0.4 is 5.76 Å². The van der Waals surface area contributed by atoms with Gasteiger partial charge in [0.1, 0.15) is 5.76 Å². The molecule has 1 aliphatic rings. The summed E-state index contributed by atoms with van der Waals surface area (Å²) in [4.78, 5) is 13.5. The minimum absolute atomic E-state index is 0.311. The number of hydrogen-bond acceptors (Lipinski definition) is 2. The molecule has 3 heteroatoms. The largest absolute Gasteiger partial charge is 0.416 e. The molecular weight excluding hydrogens is 154 g/mol. The van der Waals surface area contributed by atoms with Crippen LogP contribution >= 0.6 is 0 Å². The molecule has 12 heavy (non-hydrogen) atoms. The molecule has 0 aromatic carbocycles. The van der Waals surface area contributed by atoms with E-state index in [2.05, 4.69) is 4.98 Å². The van der Waals surface area contributed by atoms with Crippen LogP contribution in [0.2, 0.25) is 0 Å². The maximum Gasteiger partial charge on any atom is 0.416 e. The Hall–Kier alpha value is -0.990. The third kappa shape index (κ3) is 1.19. The third-order valence-corrected chi connectivity index (χ3v) is 2.59. The lowest BCUT2D eigenvalue weighted by atomic mass is 10.0. The summed E-state index contributed by atoms with van der Waals surface area (Å²) in [7, 11) is 0. The van der Waals surface area contributed by atoms with Gasteiger partial charge in [-0.1, -0.05) is 12.8 Å². The van der Waals surface area contributed by atoms with Crippen molar-refractivity contribution in [3.05, 3.63) is 22.0 Å². The standard InChI is InChI=1S/C9H13NO2/c1-6-8(12-9(11)10-6)7-4-2-3-5-7/h7H,2-5H2,1H3,(H,10,11). The fourth-order valence-corrected chi connectivity index (χ4v) is 1.99. The van der Waals surface area contributed by atoms with E-state index in [4.69, 9.17) is 4.42 Å². The van der Waals surface area contributed by atoms with Crippen molar-refractivity contribution in [3.63, 3.8) is 0 Å². The van der Waals surface area contributed by atoms with Crippen LogP contribution in [0.3, 0.4) is 0 Å². The molecule has 66 valence electrons. The van der Waals surface area contributed by atoms with Crippen LogP contribution in [0.5, 0.6) is 0 Å². The van der Waals surface area contributed by atoms with Crippen molar-refractivity contribution in [1.82, 2.24) is 4.98 Å². The summed E-state index contributed by atoms with van der Waals surface area (Å²) in [5, 5.41) is 0. The molecule has 1 aromatic rings. The average molecular weight is 167 g/mol. The maximum atomic E-state index is 10.8. The Morgan fingerprint density at radius 2 is 2.08 bits per heavy atom. The lowest BCUT2D eigenvalue weighted by molar-refractivity contribution is 0.432. The van der Waals surface area contributed by atoms with Gasteiger partial charge in [-0.05, 0) is 19.8 Å². The van der Waals surface area contributed by atoms with Gasteiger partial charge in [0.15, 0.2) is 0 Å². The maximum absolute atomic E-state index is 10.8. The van der Waals surface area contributed by atoms with Crippen molar-refractivity contribution in [3.8, 4) is 0 Å². The molecule has 0 bridgehead atoms. The van der Waals surface area contributed by atoms with Crippen LogP contribution in [0.1, 0.15) is 43.1 Å². The van der Waals surface area contributed by atoms with E-state index in [1.54, 1.807) is 0 Å². The van der Waals surface area contributed by atoms with E-state index in [0.29, 0.717) is 5.92 Å². The Labute approximate surface area is 70.8 Å². The Bertz CT molecular complexity index is 318. The first kappa shape index (κ1) is 7.65. The van der Waals surface area contributed by atoms with Crippen molar-refractivity contribution in [2.24, 2.45) is 0 Å². The van der Waals surface area contributed by atoms with Crippen LogP contribution in [-0.2, 0) is 0 Å². The molecule has 0 unspecified atom stereocenters. The molecule has 2 rings (SSSR count). The quantitative estimate of drug-likeness (QED) is 0.694. The van der Waals surface area contributed by atoms with E-state index in [1.807, 2.05) is 6.92 Å². The molecule has 0 atom stereocenters. The molecule has 1 heterocycles. The van der Waals surface area contributed by atoms with Crippen LogP contribution in [-0.4, -0.2) is 4.98 Å². The van der Waals surface area contributed by atoms with E-state index in [-0.39, 0.29) is 5.76 Å². The van der Waals surface area contributed by atoms with Crippen molar-refractivity contribution in [2.45, 2.75) is 38.5 Å². The fraction of sp³-hybridized carbons (Fsp3) is 0.667. The summed E-state index contributed by atoms with van der Waals surface area (Å²) < 4.78 is 5.09. The molecule has 0 amide bonds. The van der Waals surface area contributed by atoms with Gasteiger partial charge in [-0.25, -0.2) is 4.79 Å². The zero-order chi connectivity index (χ0) is 8.55. The first-order chi connectivity index (χ1) is 5.77. The number of aryl methyl sites for hydroxylation is 1. The highest BCUT2D eigenvalue weighted by Crippen LogP contribution is 2.34. The molecule has 0 radical (unpaired) electrons. The summed E-state index contributed by atoms with van der Waals surface area (Å²) in [6.07, 6.45) is 4.86. The minimum Gasteiger partial charge on any atom is -0.412 e. The highest BCUT2D eigenvalue weighted by Gasteiger charge is 2.22. The fourth-order valence-electron chi connectivity index (χ4n) is 1.99. The lowest BCUT2D eigenvalue weighted by Gasteiger charge is -2.03. The predicted molar refractivity (Wildman–Crippen MR) is 45.3 cm³/mol. The number of aromatic amines is 1. The van der Waals surface area contributed by atoms with Crippen molar-refractivity contribution in [2.75, 3.05) is 0 Å². The highest BCUT2D eigenvalue weighted by molar-refractivity contribution is 5.11.